The number of anilines is 1. The number of rotatable bonds is 5. The summed E-state index contributed by atoms with van der Waals surface area (Å²) < 4.78 is 12.7. The molecule has 2 aromatic carbocycles. The van der Waals surface area contributed by atoms with E-state index >= 15 is 0 Å². The van der Waals surface area contributed by atoms with Gasteiger partial charge in [0.2, 0.25) is 0 Å². The molecule has 5 nitrogen and oxygen atoms in total. The van der Waals surface area contributed by atoms with E-state index in [9.17, 15) is 9.59 Å². The molecule has 0 aliphatic rings. The van der Waals surface area contributed by atoms with Crippen LogP contribution in [0.4, 0.5) is 5.00 Å². The number of carbonyl (C=O) groups excluding carboxylic acids is 2. The largest absolute Gasteiger partial charge is 0.462 e. The molecular weight excluding hydrogens is 534 g/mol. The van der Waals surface area contributed by atoms with Gasteiger partial charge in [-0.1, -0.05) is 44.0 Å². The Balaban J connectivity index is 1.69. The molecule has 2 aromatic heterocycles. The number of nitrogens with one attached hydrogen (secondary N) is 1. The summed E-state index contributed by atoms with van der Waals surface area (Å²) in [5.41, 5.74) is 2.49. The van der Waals surface area contributed by atoms with Gasteiger partial charge in [0.1, 0.15) is 16.1 Å². The minimum Gasteiger partial charge on any atom is -0.462 e. The van der Waals surface area contributed by atoms with E-state index < -0.39 is 11.9 Å². The van der Waals surface area contributed by atoms with Crippen LogP contribution in [0.1, 0.15) is 27.8 Å². The van der Waals surface area contributed by atoms with Gasteiger partial charge in [0.25, 0.3) is 5.91 Å². The second-order valence-corrected chi connectivity index (χ2v) is 9.04. The molecular formula is C22H15Br2NO4S. The fourth-order valence-electron chi connectivity index (χ4n) is 2.99. The van der Waals surface area contributed by atoms with Crippen LogP contribution in [-0.2, 0) is 4.74 Å². The molecule has 30 heavy (non-hydrogen) atoms. The molecule has 0 atom stereocenters. The number of fused-ring (bicyclic) bond motifs is 1. The number of halogens is 2. The van der Waals surface area contributed by atoms with Crippen LogP contribution in [0.5, 0.6) is 0 Å². The third-order valence-electron chi connectivity index (χ3n) is 4.36. The van der Waals surface area contributed by atoms with Crippen molar-refractivity contribution in [2.45, 2.75) is 6.92 Å². The molecule has 0 unspecified atom stereocenters. The third-order valence-corrected chi connectivity index (χ3v) is 6.27. The molecule has 2 heterocycles. The highest BCUT2D eigenvalue weighted by atomic mass is 79.9. The summed E-state index contributed by atoms with van der Waals surface area (Å²) in [5, 5.41) is 5.86. The Bertz CT molecular complexity index is 1240. The molecule has 1 amide bonds. The first-order valence-corrected chi connectivity index (χ1v) is 11.5. The summed E-state index contributed by atoms with van der Waals surface area (Å²) in [6.45, 7) is 1.98. The zero-order valence-electron chi connectivity index (χ0n) is 15.7. The Morgan fingerprint density at radius 1 is 1.07 bits per heavy atom. The van der Waals surface area contributed by atoms with Crippen LogP contribution in [0.15, 0.2) is 67.3 Å². The summed E-state index contributed by atoms with van der Waals surface area (Å²) in [6, 6.07) is 14.8. The fourth-order valence-corrected chi connectivity index (χ4v) is 4.58. The van der Waals surface area contributed by atoms with Crippen molar-refractivity contribution in [3.8, 4) is 11.1 Å². The predicted octanol–water partition coefficient (Wildman–Crippen LogP) is 7.12. The van der Waals surface area contributed by atoms with E-state index in [1.165, 1.54) is 11.3 Å². The number of carbonyl (C=O) groups is 2. The molecule has 0 fully saturated rings. The minimum absolute atomic E-state index is 0.163. The number of hydrogen-bond acceptors (Lipinski definition) is 5. The van der Waals surface area contributed by atoms with Gasteiger partial charge >= 0.3 is 5.97 Å². The first kappa shape index (κ1) is 20.8. The van der Waals surface area contributed by atoms with Crippen molar-refractivity contribution in [2.24, 2.45) is 0 Å². The summed E-state index contributed by atoms with van der Waals surface area (Å²) in [5.74, 6) is -0.755. The van der Waals surface area contributed by atoms with E-state index in [0.29, 0.717) is 21.7 Å². The SMILES string of the molecule is CCOC(=O)c1c(-c2ccc(Br)cc2)csc1NC(=O)c1cc2cc(Br)ccc2o1. The van der Waals surface area contributed by atoms with E-state index in [-0.39, 0.29) is 12.4 Å². The van der Waals surface area contributed by atoms with E-state index in [0.717, 1.165) is 19.9 Å². The monoisotopic (exact) mass is 547 g/mol. The summed E-state index contributed by atoms with van der Waals surface area (Å²) >= 11 is 8.09. The molecule has 0 saturated carbocycles. The highest BCUT2D eigenvalue weighted by Gasteiger charge is 2.24. The first-order chi connectivity index (χ1) is 14.5. The van der Waals surface area contributed by atoms with Crippen LogP contribution in [0, 0.1) is 0 Å². The van der Waals surface area contributed by atoms with Crippen LogP contribution in [0.25, 0.3) is 22.1 Å². The van der Waals surface area contributed by atoms with E-state index in [2.05, 4.69) is 37.2 Å². The maximum Gasteiger partial charge on any atom is 0.341 e. The van der Waals surface area contributed by atoms with Crippen LogP contribution < -0.4 is 5.32 Å². The van der Waals surface area contributed by atoms with Crippen molar-refractivity contribution >= 4 is 71.0 Å². The molecule has 152 valence electrons. The Hall–Kier alpha value is -2.42. The van der Waals surface area contributed by atoms with Crippen molar-refractivity contribution < 1.29 is 18.7 Å². The van der Waals surface area contributed by atoms with Gasteiger partial charge in [-0.2, -0.15) is 0 Å². The molecule has 0 radical (unpaired) electrons. The number of benzene rings is 2. The number of ether oxygens (including phenoxy) is 1. The van der Waals surface area contributed by atoms with Crippen LogP contribution >= 0.6 is 43.2 Å². The standard InChI is InChI=1S/C22H15Br2NO4S/c1-2-28-22(27)19-16(12-3-5-14(23)6-4-12)11-30-21(19)25-20(26)18-10-13-9-15(24)7-8-17(13)29-18/h3-11H,2H2,1H3,(H,25,26). The van der Waals surface area contributed by atoms with Gasteiger partial charge < -0.3 is 14.5 Å². The number of thiophene rings is 1. The molecule has 0 spiro atoms. The molecule has 4 rings (SSSR count). The number of hydrogen-bond donors (Lipinski definition) is 1. The lowest BCUT2D eigenvalue weighted by atomic mass is 10.0. The van der Waals surface area contributed by atoms with E-state index in [4.69, 9.17) is 9.15 Å². The molecule has 8 heteroatoms. The van der Waals surface area contributed by atoms with E-state index in [1.807, 2.05) is 41.8 Å². The zero-order valence-corrected chi connectivity index (χ0v) is 19.7. The quantitative estimate of drug-likeness (QED) is 0.270. The highest BCUT2D eigenvalue weighted by Crippen LogP contribution is 2.37. The average molecular weight is 549 g/mol. The Kier molecular flexibility index (Phi) is 6.08. The van der Waals surface area contributed by atoms with Crippen LogP contribution in [-0.4, -0.2) is 18.5 Å². The Labute approximate surface area is 193 Å². The average Bonchev–Trinajstić information content (AvgIpc) is 3.32. The zero-order chi connectivity index (χ0) is 21.3. The van der Waals surface area contributed by atoms with E-state index in [1.54, 1.807) is 19.1 Å². The first-order valence-electron chi connectivity index (χ1n) is 9.01. The normalized spacial score (nSPS) is 10.9. The van der Waals surface area contributed by atoms with Gasteiger partial charge in [0.05, 0.1) is 6.61 Å². The van der Waals surface area contributed by atoms with Crippen molar-refractivity contribution in [2.75, 3.05) is 11.9 Å². The van der Waals surface area contributed by atoms with Crippen molar-refractivity contribution in [3.63, 3.8) is 0 Å². The predicted molar refractivity (Wildman–Crippen MR) is 125 cm³/mol. The van der Waals surface area contributed by atoms with Crippen LogP contribution in [0.3, 0.4) is 0 Å². The fraction of sp³-hybridized carbons (Fsp3) is 0.0909. The second-order valence-electron chi connectivity index (χ2n) is 6.33. The molecule has 0 aliphatic carbocycles. The lowest BCUT2D eigenvalue weighted by Gasteiger charge is -2.08. The van der Waals surface area contributed by atoms with Crippen molar-refractivity contribution in [3.05, 3.63) is 74.2 Å². The maximum atomic E-state index is 12.8. The maximum absolute atomic E-state index is 12.8. The summed E-state index contributed by atoms with van der Waals surface area (Å²) in [6.07, 6.45) is 0. The van der Waals surface area contributed by atoms with Gasteiger partial charge in [0.15, 0.2) is 5.76 Å². The van der Waals surface area contributed by atoms with Gasteiger partial charge in [-0.15, -0.1) is 11.3 Å². The lowest BCUT2D eigenvalue weighted by Crippen LogP contribution is -2.14. The van der Waals surface area contributed by atoms with Crippen molar-refractivity contribution in [1.82, 2.24) is 0 Å². The number of furan rings is 1. The van der Waals surface area contributed by atoms with Crippen molar-refractivity contribution in [1.29, 1.82) is 0 Å². The minimum atomic E-state index is -0.486. The molecule has 0 bridgehead atoms. The number of amides is 1. The topological polar surface area (TPSA) is 68.5 Å². The van der Waals surface area contributed by atoms with Crippen LogP contribution in [0.2, 0.25) is 0 Å². The van der Waals surface area contributed by atoms with Gasteiger partial charge in [-0.05, 0) is 48.9 Å². The third kappa shape index (κ3) is 4.21. The molecule has 0 aliphatic heterocycles. The van der Waals surface area contributed by atoms with Gasteiger partial charge in [-0.3, -0.25) is 4.79 Å². The lowest BCUT2D eigenvalue weighted by molar-refractivity contribution is 0.0529. The Morgan fingerprint density at radius 2 is 1.80 bits per heavy atom. The Morgan fingerprint density at radius 3 is 2.53 bits per heavy atom. The molecule has 4 aromatic rings. The number of esters is 1. The van der Waals surface area contributed by atoms with Gasteiger partial charge in [-0.25, -0.2) is 4.79 Å². The molecule has 1 N–H and O–H groups in total. The molecule has 0 saturated heterocycles. The summed E-state index contributed by atoms with van der Waals surface area (Å²) in [7, 11) is 0. The second kappa shape index (κ2) is 8.75. The smallest absolute Gasteiger partial charge is 0.341 e. The summed E-state index contributed by atoms with van der Waals surface area (Å²) in [4.78, 5) is 25.5. The highest BCUT2D eigenvalue weighted by molar-refractivity contribution is 9.10. The van der Waals surface area contributed by atoms with Gasteiger partial charge in [0, 0.05) is 25.3 Å².